The molecule has 2 aromatic rings. The van der Waals surface area contributed by atoms with Gasteiger partial charge < -0.3 is 39.3 Å². The highest BCUT2D eigenvalue weighted by Gasteiger charge is 2.45. The number of ether oxygens (including phenoxy) is 2. The maximum Gasteiger partial charge on any atom is 0.413 e. The molecule has 40 heavy (non-hydrogen) atoms. The maximum atomic E-state index is 12.7. The predicted octanol–water partition coefficient (Wildman–Crippen LogP) is 0.183. The minimum Gasteiger partial charge on any atom is -0.446 e. The van der Waals surface area contributed by atoms with Gasteiger partial charge in [0.25, 0.3) is 7.52 Å². The number of aliphatic hydroxyl groups is 2. The van der Waals surface area contributed by atoms with E-state index in [1.807, 2.05) is 0 Å². The summed E-state index contributed by atoms with van der Waals surface area (Å²) in [6, 6.07) is 0.741. The number of hydrogen-bond donors (Lipinski definition) is 7. The van der Waals surface area contributed by atoms with Gasteiger partial charge in [-0.15, -0.1) is 0 Å². The average molecular weight is 626 g/mol. The van der Waals surface area contributed by atoms with Gasteiger partial charge in [-0.3, -0.25) is 19.0 Å². The molecule has 6 unspecified atom stereocenters. The van der Waals surface area contributed by atoms with Crippen LogP contribution in [0.1, 0.15) is 31.9 Å². The number of nitrogens with one attached hydrogen (secondary N) is 2. The van der Waals surface area contributed by atoms with Crippen molar-refractivity contribution >= 4 is 49.8 Å². The molecule has 3 saturated heterocycles. The number of aliphatic hydroxyl groups excluding tert-OH is 2. The number of piperidine rings is 1. The van der Waals surface area contributed by atoms with Crippen molar-refractivity contribution < 1.29 is 48.3 Å². The number of carbonyl (C=O) groups is 1. The Balaban J connectivity index is 1.28. The Labute approximate surface area is 232 Å². The lowest BCUT2D eigenvalue weighted by Gasteiger charge is -2.35. The summed E-state index contributed by atoms with van der Waals surface area (Å²) in [5, 5.41) is 25.5. The second-order valence-electron chi connectivity index (χ2n) is 10.3. The van der Waals surface area contributed by atoms with Crippen molar-refractivity contribution in [3.05, 3.63) is 11.6 Å². The molecule has 0 radical (unpaired) electrons. The number of fused-ring (bicyclic) bond motifs is 3. The van der Waals surface area contributed by atoms with E-state index in [1.54, 1.807) is 0 Å². The van der Waals surface area contributed by atoms with E-state index in [9.17, 15) is 29.0 Å². The van der Waals surface area contributed by atoms with Gasteiger partial charge in [-0.1, -0.05) is 0 Å². The van der Waals surface area contributed by atoms with Crippen LogP contribution in [0.4, 0.5) is 10.6 Å². The molecule has 3 fully saturated rings. The average Bonchev–Trinajstić information content (AvgIpc) is 3.42. The van der Waals surface area contributed by atoms with Gasteiger partial charge in [-0.25, -0.2) is 14.9 Å². The van der Waals surface area contributed by atoms with Crippen molar-refractivity contribution in [2.75, 3.05) is 24.8 Å². The Morgan fingerprint density at radius 1 is 1.18 bits per heavy atom. The lowest BCUT2D eigenvalue weighted by molar-refractivity contribution is -0.0331. The third-order valence-corrected chi connectivity index (χ3v) is 11.3. The first-order valence-electron chi connectivity index (χ1n) is 12.4. The Bertz CT molecular complexity index is 1360. The number of carbonyl (C=O) groups excluding carboxylic acids is 1. The molecule has 8 atom stereocenters. The maximum absolute atomic E-state index is 12.7. The van der Waals surface area contributed by atoms with Crippen molar-refractivity contribution in [3.63, 3.8) is 0 Å². The molecule has 0 aliphatic carbocycles. The number of amides is 1. The Morgan fingerprint density at radius 3 is 2.50 bits per heavy atom. The van der Waals surface area contributed by atoms with Crippen LogP contribution in [0.2, 0.25) is 5.28 Å². The van der Waals surface area contributed by atoms with E-state index in [0.717, 1.165) is 25.7 Å². The number of halogens is 1. The van der Waals surface area contributed by atoms with Gasteiger partial charge >= 0.3 is 13.7 Å². The molecular formula is C20H30ClN7O10P2. The van der Waals surface area contributed by atoms with Crippen molar-refractivity contribution in [2.24, 2.45) is 0 Å². The number of nitrogens with zero attached hydrogens (tertiary/aromatic N) is 5. The van der Waals surface area contributed by atoms with Crippen LogP contribution in [0.5, 0.6) is 0 Å². The van der Waals surface area contributed by atoms with Crippen LogP contribution in [0.15, 0.2) is 6.33 Å². The largest absolute Gasteiger partial charge is 0.446 e. The molecule has 3 aliphatic heterocycles. The molecule has 20 heteroatoms. The predicted molar refractivity (Wildman–Crippen MR) is 139 cm³/mol. The molecule has 0 saturated carbocycles. The highest BCUT2D eigenvalue weighted by Crippen LogP contribution is 2.52. The van der Waals surface area contributed by atoms with Gasteiger partial charge in [0.05, 0.1) is 6.33 Å². The first-order chi connectivity index (χ1) is 18.7. The first kappa shape index (κ1) is 29.7. The second kappa shape index (κ2) is 11.2. The molecule has 5 heterocycles. The van der Waals surface area contributed by atoms with E-state index >= 15 is 0 Å². The van der Waals surface area contributed by atoms with Crippen molar-refractivity contribution in [2.45, 2.75) is 68.4 Å². The third-order valence-electron chi connectivity index (χ3n) is 7.47. The summed E-state index contributed by atoms with van der Waals surface area (Å²) in [5.74, 6) is -1.35. The number of anilines is 1. The quantitative estimate of drug-likeness (QED) is 0.153. The van der Waals surface area contributed by atoms with E-state index in [-0.39, 0.29) is 28.4 Å². The summed E-state index contributed by atoms with van der Waals surface area (Å²) in [7, 11) is -7.20. The highest BCUT2D eigenvalue weighted by atomic mass is 35.5. The zero-order chi connectivity index (χ0) is 29.0. The summed E-state index contributed by atoms with van der Waals surface area (Å²) >= 11 is 6.10. The highest BCUT2D eigenvalue weighted by molar-refractivity contribution is 7.71. The minimum atomic E-state index is -4.80. The van der Waals surface area contributed by atoms with Gasteiger partial charge in [0, 0.05) is 31.5 Å². The normalized spacial score (nSPS) is 32.3. The van der Waals surface area contributed by atoms with Gasteiger partial charge in [0.15, 0.2) is 23.2 Å². The van der Waals surface area contributed by atoms with Crippen molar-refractivity contribution in [3.8, 4) is 0 Å². The molecule has 7 N–H and O–H groups in total. The lowest BCUT2D eigenvalue weighted by Crippen LogP contribution is -2.43. The van der Waals surface area contributed by atoms with Gasteiger partial charge in [0.1, 0.15) is 30.3 Å². The number of hydrogen-bond acceptors (Lipinski definition) is 11. The molecule has 2 bridgehead atoms. The number of rotatable bonds is 8. The van der Waals surface area contributed by atoms with Gasteiger partial charge in [0.2, 0.25) is 5.28 Å². The first-order valence-corrected chi connectivity index (χ1v) is 16.5. The summed E-state index contributed by atoms with van der Waals surface area (Å²) in [6.45, 7) is -0.512. The van der Waals surface area contributed by atoms with Crippen LogP contribution in [0.25, 0.3) is 11.2 Å². The van der Waals surface area contributed by atoms with E-state index in [2.05, 4.69) is 37.3 Å². The lowest BCUT2D eigenvalue weighted by atomic mass is 10.0. The number of imidazole rings is 1. The van der Waals surface area contributed by atoms with Crippen molar-refractivity contribution in [1.82, 2.24) is 29.5 Å². The summed E-state index contributed by atoms with van der Waals surface area (Å²) in [6.07, 6.45) is -1.81. The summed E-state index contributed by atoms with van der Waals surface area (Å²) in [5.41, 5.74) is 0.144. The summed E-state index contributed by atoms with van der Waals surface area (Å²) < 4.78 is 35.7. The number of aromatic nitrogens is 4. The Kier molecular flexibility index (Phi) is 8.29. The third kappa shape index (κ3) is 6.35. The summed E-state index contributed by atoms with van der Waals surface area (Å²) in [4.78, 5) is 55.1. The smallest absolute Gasteiger partial charge is 0.413 e. The van der Waals surface area contributed by atoms with Gasteiger partial charge in [-0.05, 0) is 31.5 Å². The molecule has 5 rings (SSSR count). The van der Waals surface area contributed by atoms with Crippen molar-refractivity contribution in [1.29, 1.82) is 0 Å². The zero-order valence-electron chi connectivity index (χ0n) is 21.1. The molecule has 17 nitrogen and oxygen atoms in total. The zero-order valence-corrected chi connectivity index (χ0v) is 23.7. The molecule has 0 aromatic carbocycles. The van der Waals surface area contributed by atoms with Crippen LogP contribution in [-0.4, -0.2) is 111 Å². The van der Waals surface area contributed by atoms with E-state index < -0.39 is 58.2 Å². The van der Waals surface area contributed by atoms with E-state index in [1.165, 1.54) is 10.9 Å². The molecule has 0 spiro atoms. The van der Waals surface area contributed by atoms with E-state index in [0.29, 0.717) is 12.1 Å². The topological polar surface area (TPSA) is 242 Å². The fourth-order valence-electron chi connectivity index (χ4n) is 5.56. The molecule has 1 amide bonds. The van der Waals surface area contributed by atoms with E-state index in [4.69, 9.17) is 30.9 Å². The Morgan fingerprint density at radius 2 is 1.85 bits per heavy atom. The van der Waals surface area contributed by atoms with Gasteiger partial charge in [-0.2, -0.15) is 9.97 Å². The molecule has 3 aliphatic rings. The molecular weight excluding hydrogens is 596 g/mol. The standard InChI is InChI=1S/C20H30ClN7O10P2/c1-27-9-2-3-10(27)5-11(4-9)37-20(31)25-16-13-17(26-19(21)24-16)28(7-22-13)18-15(30)14(29)12(38-18)6-23-39(32,33)8-40(34,35)36/h7,9-12,14-15,18,29-30H,2-6,8H2,1H3,(H2,23,32,33)(H2,34,35,36)(H,24,25,26,31)/t9-,10+,11?,12?,14?,15?,18?. The monoisotopic (exact) mass is 625 g/mol. The molecule has 2 aromatic heterocycles. The SMILES string of the molecule is CN1[C@@H]2CC[C@H]1CC(OC(=O)Nc1nc(Cl)nc3c1ncn3C1OC(CNP(=O)(O)CP(=O)(O)O)C(O)C1O)C2. The fraction of sp³-hybridized carbons (Fsp3) is 0.700. The van der Waals surface area contributed by atoms with Crippen LogP contribution in [-0.2, 0) is 18.6 Å². The van der Waals surface area contributed by atoms with Crippen LogP contribution in [0, 0.1) is 0 Å². The van der Waals surface area contributed by atoms with Crippen LogP contribution in [0.3, 0.4) is 0 Å². The second-order valence-corrected chi connectivity index (χ2v) is 14.8. The van der Waals surface area contributed by atoms with Crippen LogP contribution < -0.4 is 10.4 Å². The molecule has 222 valence electrons. The Hall–Kier alpha value is -1.75. The fourth-order valence-corrected chi connectivity index (χ4v) is 8.59. The van der Waals surface area contributed by atoms with Crippen LogP contribution >= 0.6 is 26.7 Å². The minimum absolute atomic E-state index is 0.0421.